The smallest absolute Gasteiger partial charge is 0.0440 e. The summed E-state index contributed by atoms with van der Waals surface area (Å²) in [6, 6.07) is 8.75. The zero-order chi connectivity index (χ0) is 12.6. The van der Waals surface area contributed by atoms with E-state index in [4.69, 9.17) is 5.11 Å². The Hall–Kier alpha value is -1.26. The minimum absolute atomic E-state index is 0.231. The van der Waals surface area contributed by atoms with Crippen LogP contribution < -0.4 is 0 Å². The summed E-state index contributed by atoms with van der Waals surface area (Å²) in [6.07, 6.45) is 8.42. The number of rotatable bonds is 3. The lowest BCUT2D eigenvalue weighted by molar-refractivity contribution is 0.290. The molecule has 0 radical (unpaired) electrons. The van der Waals surface area contributed by atoms with Gasteiger partial charge in [0.05, 0.1) is 0 Å². The van der Waals surface area contributed by atoms with E-state index >= 15 is 0 Å². The van der Waals surface area contributed by atoms with Crippen LogP contribution in [0.1, 0.15) is 62.0 Å². The van der Waals surface area contributed by atoms with Crippen molar-refractivity contribution in [2.45, 2.75) is 50.9 Å². The third kappa shape index (κ3) is 3.89. The minimum atomic E-state index is 0.231. The molecular formula is C17H22O. The molecule has 0 bridgehead atoms. The van der Waals surface area contributed by atoms with Gasteiger partial charge in [-0.05, 0) is 42.9 Å². The van der Waals surface area contributed by atoms with Crippen LogP contribution in [0, 0.1) is 11.8 Å². The van der Waals surface area contributed by atoms with E-state index < -0.39 is 0 Å². The molecular weight excluding hydrogens is 220 g/mol. The summed E-state index contributed by atoms with van der Waals surface area (Å²) in [7, 11) is 0. The van der Waals surface area contributed by atoms with Crippen molar-refractivity contribution < 1.29 is 5.11 Å². The van der Waals surface area contributed by atoms with Crippen LogP contribution in [0.4, 0.5) is 0 Å². The average molecular weight is 242 g/mol. The molecule has 0 atom stereocenters. The summed E-state index contributed by atoms with van der Waals surface area (Å²) in [6.45, 7) is 0.231. The highest BCUT2D eigenvalue weighted by atomic mass is 16.2. The standard InChI is InChI=1S/C17H22O/c18-14-6-2-3-7-15-10-12-17(13-11-15)16-8-4-1-5-9-16/h10-13,16,18H,1-2,4-6,8-9,14H2. The van der Waals surface area contributed by atoms with Gasteiger partial charge < -0.3 is 5.11 Å². The first-order chi connectivity index (χ1) is 8.90. The third-order valence-corrected chi connectivity index (χ3v) is 3.68. The van der Waals surface area contributed by atoms with E-state index in [0.717, 1.165) is 24.3 Å². The Morgan fingerprint density at radius 3 is 2.44 bits per heavy atom. The van der Waals surface area contributed by atoms with E-state index in [1.807, 2.05) is 0 Å². The van der Waals surface area contributed by atoms with Crippen LogP contribution in [0.15, 0.2) is 24.3 Å². The maximum absolute atomic E-state index is 8.68. The van der Waals surface area contributed by atoms with Crippen molar-refractivity contribution in [3.8, 4) is 11.8 Å². The molecule has 2 rings (SSSR count). The van der Waals surface area contributed by atoms with Crippen LogP contribution in [-0.4, -0.2) is 11.7 Å². The fourth-order valence-electron chi connectivity index (χ4n) is 2.61. The SMILES string of the molecule is OCCCC#Cc1ccc(C2CCCCC2)cc1. The molecule has 0 heterocycles. The van der Waals surface area contributed by atoms with Crippen molar-refractivity contribution in [3.05, 3.63) is 35.4 Å². The van der Waals surface area contributed by atoms with Crippen LogP contribution in [0.2, 0.25) is 0 Å². The van der Waals surface area contributed by atoms with Crippen molar-refractivity contribution in [2.75, 3.05) is 6.61 Å². The highest BCUT2D eigenvalue weighted by Gasteiger charge is 2.14. The van der Waals surface area contributed by atoms with Crippen molar-refractivity contribution in [2.24, 2.45) is 0 Å². The van der Waals surface area contributed by atoms with Gasteiger partial charge in [0.2, 0.25) is 0 Å². The predicted octanol–water partition coefficient (Wildman–Crippen LogP) is 3.86. The molecule has 1 N–H and O–H groups in total. The molecule has 0 amide bonds. The molecule has 1 aliphatic carbocycles. The van der Waals surface area contributed by atoms with E-state index in [0.29, 0.717) is 0 Å². The van der Waals surface area contributed by atoms with E-state index in [-0.39, 0.29) is 6.61 Å². The normalized spacial score (nSPS) is 16.1. The Labute approximate surface area is 110 Å². The second kappa shape index (κ2) is 7.24. The fraction of sp³-hybridized carbons (Fsp3) is 0.529. The molecule has 96 valence electrons. The van der Waals surface area contributed by atoms with Gasteiger partial charge in [-0.3, -0.25) is 0 Å². The molecule has 0 aromatic heterocycles. The number of unbranched alkanes of at least 4 members (excludes halogenated alkanes) is 1. The van der Waals surface area contributed by atoms with Crippen LogP contribution in [-0.2, 0) is 0 Å². The zero-order valence-corrected chi connectivity index (χ0v) is 11.0. The summed E-state index contributed by atoms with van der Waals surface area (Å²) in [5.74, 6) is 7.01. The maximum atomic E-state index is 8.68. The lowest BCUT2D eigenvalue weighted by atomic mass is 9.84. The molecule has 0 unspecified atom stereocenters. The van der Waals surface area contributed by atoms with Gasteiger partial charge in [-0.15, -0.1) is 0 Å². The summed E-state index contributed by atoms with van der Waals surface area (Å²) >= 11 is 0. The zero-order valence-electron chi connectivity index (χ0n) is 11.0. The van der Waals surface area contributed by atoms with E-state index in [1.54, 1.807) is 0 Å². The van der Waals surface area contributed by atoms with Gasteiger partial charge in [0, 0.05) is 18.6 Å². The summed E-state index contributed by atoms with van der Waals surface area (Å²) < 4.78 is 0. The van der Waals surface area contributed by atoms with E-state index in [9.17, 15) is 0 Å². The molecule has 0 aliphatic heterocycles. The lowest BCUT2D eigenvalue weighted by Crippen LogP contribution is -2.04. The van der Waals surface area contributed by atoms with Gasteiger partial charge in [0.15, 0.2) is 0 Å². The highest BCUT2D eigenvalue weighted by Crippen LogP contribution is 2.32. The van der Waals surface area contributed by atoms with Gasteiger partial charge in [-0.25, -0.2) is 0 Å². The Balaban J connectivity index is 1.93. The van der Waals surface area contributed by atoms with Gasteiger partial charge >= 0.3 is 0 Å². The molecule has 1 aliphatic rings. The van der Waals surface area contributed by atoms with Gasteiger partial charge in [0.1, 0.15) is 0 Å². The van der Waals surface area contributed by atoms with Gasteiger partial charge in [0.25, 0.3) is 0 Å². The molecule has 1 fully saturated rings. The number of aliphatic hydroxyl groups is 1. The second-order valence-electron chi connectivity index (χ2n) is 5.09. The van der Waals surface area contributed by atoms with Crippen LogP contribution >= 0.6 is 0 Å². The molecule has 1 nitrogen and oxygen atoms in total. The van der Waals surface area contributed by atoms with Crippen molar-refractivity contribution in [1.82, 2.24) is 0 Å². The topological polar surface area (TPSA) is 20.2 Å². The van der Waals surface area contributed by atoms with Crippen molar-refractivity contribution >= 4 is 0 Å². The lowest BCUT2D eigenvalue weighted by Gasteiger charge is -2.21. The molecule has 18 heavy (non-hydrogen) atoms. The number of hydrogen-bond donors (Lipinski definition) is 1. The number of hydrogen-bond acceptors (Lipinski definition) is 1. The van der Waals surface area contributed by atoms with Gasteiger partial charge in [-0.2, -0.15) is 0 Å². The van der Waals surface area contributed by atoms with Gasteiger partial charge in [-0.1, -0.05) is 43.2 Å². The fourth-order valence-corrected chi connectivity index (χ4v) is 2.61. The first-order valence-corrected chi connectivity index (χ1v) is 7.10. The van der Waals surface area contributed by atoms with Crippen LogP contribution in [0.5, 0.6) is 0 Å². The molecule has 1 aromatic rings. The Morgan fingerprint density at radius 1 is 1.06 bits per heavy atom. The quantitative estimate of drug-likeness (QED) is 0.630. The highest BCUT2D eigenvalue weighted by molar-refractivity contribution is 5.37. The Kier molecular flexibility index (Phi) is 5.30. The number of aliphatic hydroxyl groups excluding tert-OH is 1. The van der Waals surface area contributed by atoms with Crippen molar-refractivity contribution in [1.29, 1.82) is 0 Å². The second-order valence-corrected chi connectivity index (χ2v) is 5.09. The molecule has 0 spiro atoms. The first-order valence-electron chi connectivity index (χ1n) is 7.10. The Morgan fingerprint density at radius 2 is 1.78 bits per heavy atom. The molecule has 1 heteroatoms. The monoisotopic (exact) mass is 242 g/mol. The maximum Gasteiger partial charge on any atom is 0.0440 e. The first kappa shape index (κ1) is 13.2. The van der Waals surface area contributed by atoms with E-state index in [2.05, 4.69) is 36.1 Å². The average Bonchev–Trinajstić information content (AvgIpc) is 2.45. The molecule has 1 aromatic carbocycles. The molecule has 0 saturated heterocycles. The minimum Gasteiger partial charge on any atom is -0.396 e. The molecule has 1 saturated carbocycles. The Bertz CT molecular complexity index is 401. The third-order valence-electron chi connectivity index (χ3n) is 3.68. The number of benzene rings is 1. The van der Waals surface area contributed by atoms with Crippen LogP contribution in [0.3, 0.4) is 0 Å². The van der Waals surface area contributed by atoms with Crippen molar-refractivity contribution in [3.63, 3.8) is 0 Å². The predicted molar refractivity (Wildman–Crippen MR) is 75.5 cm³/mol. The summed E-state index contributed by atoms with van der Waals surface area (Å²) in [5.41, 5.74) is 2.57. The summed E-state index contributed by atoms with van der Waals surface area (Å²) in [5, 5.41) is 8.68. The summed E-state index contributed by atoms with van der Waals surface area (Å²) in [4.78, 5) is 0. The van der Waals surface area contributed by atoms with E-state index in [1.165, 1.54) is 37.7 Å². The largest absolute Gasteiger partial charge is 0.396 e. The van der Waals surface area contributed by atoms with Crippen LogP contribution in [0.25, 0.3) is 0 Å².